The topological polar surface area (TPSA) is 80.9 Å². The van der Waals surface area contributed by atoms with E-state index in [2.05, 4.69) is 15.3 Å². The van der Waals surface area contributed by atoms with Crippen molar-refractivity contribution in [1.29, 1.82) is 0 Å². The summed E-state index contributed by atoms with van der Waals surface area (Å²) in [4.78, 5) is 32.9. The summed E-state index contributed by atoms with van der Waals surface area (Å²) in [6.45, 7) is 6.77. The van der Waals surface area contributed by atoms with Crippen LogP contribution >= 0.6 is 11.3 Å². The van der Waals surface area contributed by atoms with Gasteiger partial charge < -0.3 is 9.30 Å². The monoisotopic (exact) mass is 426 g/mol. The summed E-state index contributed by atoms with van der Waals surface area (Å²) in [7, 11) is 0. The first-order chi connectivity index (χ1) is 14.6. The number of hydrogen-bond donors (Lipinski definition) is 2. The molecule has 0 saturated carbocycles. The number of rotatable bonds is 5. The highest BCUT2D eigenvalue weighted by Gasteiger charge is 2.39. The average molecular weight is 427 g/mol. The minimum atomic E-state index is -0.0940. The molecule has 2 aliphatic heterocycles. The quantitative estimate of drug-likeness (QED) is 0.638. The molecule has 1 atom stereocenters. The molecule has 2 aliphatic rings. The first-order valence-electron chi connectivity index (χ1n) is 10.2. The van der Waals surface area contributed by atoms with Crippen LogP contribution in [0.4, 0.5) is 10.8 Å². The second-order valence-corrected chi connectivity index (χ2v) is 8.66. The summed E-state index contributed by atoms with van der Waals surface area (Å²) in [5, 5.41) is 1.11. The van der Waals surface area contributed by atoms with Gasteiger partial charge in [0.25, 0.3) is 5.56 Å². The van der Waals surface area contributed by atoms with Gasteiger partial charge in [0.15, 0.2) is 0 Å². The molecule has 1 saturated heterocycles. The van der Waals surface area contributed by atoms with E-state index >= 15 is 0 Å². The third kappa shape index (κ3) is 3.43. The van der Waals surface area contributed by atoms with Crippen molar-refractivity contribution in [3.05, 3.63) is 51.9 Å². The fourth-order valence-corrected chi connectivity index (χ4v) is 5.12. The highest BCUT2D eigenvalue weighted by Crippen LogP contribution is 2.26. The maximum Gasteiger partial charge on any atom is 0.379 e. The van der Waals surface area contributed by atoms with E-state index in [1.54, 1.807) is 4.57 Å². The van der Waals surface area contributed by atoms with Crippen molar-refractivity contribution in [3.8, 4) is 0 Å². The van der Waals surface area contributed by atoms with Gasteiger partial charge in [0, 0.05) is 37.9 Å². The van der Waals surface area contributed by atoms with E-state index in [1.165, 1.54) is 17.4 Å². The molecule has 3 aromatic rings. The van der Waals surface area contributed by atoms with E-state index in [0.29, 0.717) is 33.6 Å². The van der Waals surface area contributed by atoms with Crippen LogP contribution in [-0.2, 0) is 11.3 Å². The Kier molecular flexibility index (Phi) is 5.11. The molecule has 1 aromatic carbocycles. The predicted octanol–water partition coefficient (Wildman–Crippen LogP) is 1.19. The highest BCUT2D eigenvalue weighted by atomic mass is 32.1. The fourth-order valence-electron chi connectivity index (χ4n) is 4.16. The number of aromatic nitrogens is 2. The first-order valence-corrected chi connectivity index (χ1v) is 11.0. The zero-order valence-corrected chi connectivity index (χ0v) is 17.6. The molecule has 30 heavy (non-hydrogen) atoms. The predicted molar refractivity (Wildman–Crippen MR) is 116 cm³/mol. The molecule has 4 heterocycles. The van der Waals surface area contributed by atoms with Crippen LogP contribution in [0.15, 0.2) is 35.1 Å². The van der Waals surface area contributed by atoms with Crippen molar-refractivity contribution in [2.24, 2.45) is 0 Å². The number of quaternary nitrogens is 1. The number of anilines is 1. The molecule has 0 radical (unpaired) electrons. The Hall–Kier alpha value is -2.59. The van der Waals surface area contributed by atoms with Crippen LogP contribution in [-0.4, -0.2) is 53.2 Å². The molecule has 156 valence electrons. The first kappa shape index (κ1) is 19.4. The Morgan fingerprint density at radius 3 is 2.80 bits per heavy atom. The Balaban J connectivity index is 1.37. The number of para-hydroxylation sites is 1. The molecule has 0 bridgehead atoms. The van der Waals surface area contributed by atoms with Gasteiger partial charge in [0.2, 0.25) is 0 Å². The molecule has 0 aliphatic carbocycles. The zero-order chi connectivity index (χ0) is 20.7. The fraction of sp³-hybridized carbons (Fsp3) is 0.381. The number of morpholine rings is 1. The lowest BCUT2D eigenvalue weighted by molar-refractivity contribution is -0.709. The van der Waals surface area contributed by atoms with Gasteiger partial charge in [-0.15, -0.1) is 5.01 Å². The molecule has 1 unspecified atom stereocenters. The normalized spacial score (nSPS) is 19.2. The van der Waals surface area contributed by atoms with Crippen LogP contribution < -0.4 is 16.0 Å². The number of amides is 1. The van der Waals surface area contributed by atoms with Gasteiger partial charge in [-0.05, 0) is 25.5 Å². The lowest BCUT2D eigenvalue weighted by atomic mass is 10.1. The summed E-state index contributed by atoms with van der Waals surface area (Å²) < 4.78 is 8.14. The van der Waals surface area contributed by atoms with Crippen LogP contribution in [0.5, 0.6) is 0 Å². The van der Waals surface area contributed by atoms with Gasteiger partial charge in [-0.1, -0.05) is 23.5 Å². The molecule has 9 heteroatoms. The van der Waals surface area contributed by atoms with E-state index in [0.717, 1.165) is 49.5 Å². The number of ether oxygens (including phenoxy) is 1. The minimum absolute atomic E-state index is 0.0842. The molecule has 2 N–H and O–H groups in total. The van der Waals surface area contributed by atoms with Crippen molar-refractivity contribution in [3.63, 3.8) is 0 Å². The molecule has 5 rings (SSSR count). The number of nitrogens with zero attached hydrogens (tertiary/aromatic N) is 3. The number of benzene rings is 1. The van der Waals surface area contributed by atoms with Gasteiger partial charge in [0.1, 0.15) is 11.3 Å². The molecule has 1 amide bonds. The van der Waals surface area contributed by atoms with Crippen molar-refractivity contribution in [2.45, 2.75) is 19.9 Å². The molecule has 1 fully saturated rings. The third-order valence-corrected chi connectivity index (χ3v) is 6.81. The maximum absolute atomic E-state index is 13.2. The van der Waals surface area contributed by atoms with Gasteiger partial charge in [0.05, 0.1) is 23.4 Å². The van der Waals surface area contributed by atoms with Crippen molar-refractivity contribution in [2.75, 3.05) is 38.3 Å². The average Bonchev–Trinajstić information content (AvgIpc) is 3.32. The summed E-state index contributed by atoms with van der Waals surface area (Å²) in [5.41, 5.74) is 5.82. The van der Waals surface area contributed by atoms with E-state index in [9.17, 15) is 9.59 Å². The highest BCUT2D eigenvalue weighted by molar-refractivity contribution is 7.21. The lowest BCUT2D eigenvalue weighted by Gasteiger charge is -2.26. The Morgan fingerprint density at radius 2 is 2.00 bits per heavy atom. The van der Waals surface area contributed by atoms with Gasteiger partial charge in [-0.2, -0.15) is 4.98 Å². The smallest absolute Gasteiger partial charge is 0.379 e. The van der Waals surface area contributed by atoms with Crippen LogP contribution in [0.3, 0.4) is 0 Å². The van der Waals surface area contributed by atoms with Crippen LogP contribution in [0, 0.1) is 6.92 Å². The second kappa shape index (κ2) is 7.92. The number of nitrogens with one attached hydrogen (secondary N) is 2. The Morgan fingerprint density at radius 1 is 1.20 bits per heavy atom. The lowest BCUT2D eigenvalue weighted by Crippen LogP contribution is -3.11. The number of hydrogen-bond acceptors (Lipinski definition) is 7. The second-order valence-electron chi connectivity index (χ2n) is 7.63. The van der Waals surface area contributed by atoms with Gasteiger partial charge in [-0.25, -0.2) is 10.2 Å². The van der Waals surface area contributed by atoms with Crippen LogP contribution in [0.1, 0.15) is 22.5 Å². The van der Waals surface area contributed by atoms with Crippen LogP contribution in [0.2, 0.25) is 0 Å². The Bertz CT molecular complexity index is 1130. The summed E-state index contributed by atoms with van der Waals surface area (Å²) >= 11 is 1.48. The molecule has 8 nitrogen and oxygen atoms in total. The third-order valence-electron chi connectivity index (χ3n) is 5.75. The summed E-state index contributed by atoms with van der Waals surface area (Å²) in [6.07, 6.45) is 0.857. The van der Waals surface area contributed by atoms with E-state index < -0.39 is 0 Å². The SMILES string of the molecule is Cc1c2c(cc(=O)n1CCCN1CCOCC1)N[NH+](c1nc3ccccc3s1)C2=O. The van der Waals surface area contributed by atoms with Crippen molar-refractivity contribution >= 4 is 38.3 Å². The van der Waals surface area contributed by atoms with Crippen LogP contribution in [0.25, 0.3) is 10.2 Å². The van der Waals surface area contributed by atoms with E-state index in [-0.39, 0.29) is 11.5 Å². The Labute approximate surface area is 177 Å². The zero-order valence-electron chi connectivity index (χ0n) is 16.8. The maximum atomic E-state index is 13.2. The molecular weight excluding hydrogens is 402 g/mol. The molecular formula is C21H24N5O3S+. The number of pyridine rings is 1. The summed E-state index contributed by atoms with van der Waals surface area (Å²) in [5.74, 6) is -0.0940. The van der Waals surface area contributed by atoms with Gasteiger partial charge in [-0.3, -0.25) is 9.69 Å². The number of carbonyl (C=O) groups is 1. The molecule has 0 spiro atoms. The number of thiazole rings is 1. The van der Waals surface area contributed by atoms with E-state index in [4.69, 9.17) is 4.74 Å². The largest absolute Gasteiger partial charge is 0.379 e. The van der Waals surface area contributed by atoms with Crippen molar-refractivity contribution in [1.82, 2.24) is 14.5 Å². The summed E-state index contributed by atoms with van der Waals surface area (Å²) in [6, 6.07) is 9.36. The van der Waals surface area contributed by atoms with E-state index in [1.807, 2.05) is 31.2 Å². The number of fused-ring (bicyclic) bond motifs is 2. The molecule has 2 aromatic heterocycles. The minimum Gasteiger partial charge on any atom is -0.379 e. The van der Waals surface area contributed by atoms with Gasteiger partial charge >= 0.3 is 11.0 Å². The van der Waals surface area contributed by atoms with Crippen molar-refractivity contribution < 1.29 is 14.5 Å². The number of carbonyl (C=O) groups excluding carboxylic acids is 1. The standard InChI is InChI=1S/C21H23N5O3S/c1-14-19-16(13-18(27)25(14)8-4-7-24-9-11-29-12-10-24)23-26(20(19)28)21-22-15-5-2-3-6-17(15)30-21/h2-3,5-6,13,23H,4,7-12H2,1H3/p+1.